The minimum atomic E-state index is -0.561. The molecule has 1 saturated heterocycles. The van der Waals surface area contributed by atoms with E-state index in [1.54, 1.807) is 6.07 Å². The molecule has 2 aromatic rings. The summed E-state index contributed by atoms with van der Waals surface area (Å²) in [5, 5.41) is 9.73. The first-order valence-electron chi connectivity index (χ1n) is 9.59. The minimum absolute atomic E-state index is 0.0232. The maximum atomic E-state index is 12.8. The van der Waals surface area contributed by atoms with Gasteiger partial charge in [-0.1, -0.05) is 12.1 Å². The van der Waals surface area contributed by atoms with Gasteiger partial charge >= 0.3 is 0 Å². The first kappa shape index (κ1) is 19.1. The van der Waals surface area contributed by atoms with Crippen molar-refractivity contribution in [1.29, 1.82) is 0 Å². The molecule has 4 rings (SSSR count). The van der Waals surface area contributed by atoms with E-state index in [1.807, 2.05) is 33.9 Å². The van der Waals surface area contributed by atoms with E-state index in [0.717, 1.165) is 17.7 Å². The highest BCUT2D eigenvalue weighted by Gasteiger charge is 2.36. The van der Waals surface area contributed by atoms with Gasteiger partial charge in [-0.05, 0) is 54.5 Å². The summed E-state index contributed by atoms with van der Waals surface area (Å²) in [5.41, 5.74) is 0. The number of likely N-dealkylation sites (tertiary alicyclic amines) is 1. The number of carbonyl (C=O) groups excluding carboxylic acids is 3. The van der Waals surface area contributed by atoms with Crippen LogP contribution in [0, 0.1) is 5.92 Å². The number of piperidine rings is 1. The van der Waals surface area contributed by atoms with Crippen LogP contribution in [0.15, 0.2) is 35.0 Å². The van der Waals surface area contributed by atoms with Crippen LogP contribution in [0.1, 0.15) is 45.0 Å². The Bertz CT molecular complexity index is 823. The number of rotatable bonds is 6. The van der Waals surface area contributed by atoms with Gasteiger partial charge in [0.15, 0.2) is 0 Å². The molecule has 6 nitrogen and oxygen atoms in total. The van der Waals surface area contributed by atoms with E-state index in [4.69, 9.17) is 0 Å². The van der Waals surface area contributed by atoms with Crippen molar-refractivity contribution in [3.63, 3.8) is 0 Å². The fraction of sp³-hybridized carbons (Fsp3) is 0.450. The van der Waals surface area contributed by atoms with Crippen molar-refractivity contribution in [1.82, 2.24) is 15.5 Å². The third-order valence-electron chi connectivity index (χ3n) is 5.27. The molecule has 0 bridgehead atoms. The largest absolute Gasteiger partial charge is 0.352 e. The molecule has 3 heterocycles. The minimum Gasteiger partial charge on any atom is -0.352 e. The van der Waals surface area contributed by atoms with Crippen LogP contribution in [0.2, 0.25) is 0 Å². The number of hydrogen-bond acceptors (Lipinski definition) is 5. The Morgan fingerprint density at radius 2 is 1.61 bits per heavy atom. The van der Waals surface area contributed by atoms with Crippen molar-refractivity contribution < 1.29 is 14.4 Å². The van der Waals surface area contributed by atoms with Gasteiger partial charge in [-0.2, -0.15) is 0 Å². The maximum Gasteiger partial charge on any atom is 0.263 e. The number of amides is 3. The van der Waals surface area contributed by atoms with Crippen molar-refractivity contribution in [2.45, 2.75) is 37.8 Å². The van der Waals surface area contributed by atoms with E-state index < -0.39 is 6.04 Å². The van der Waals surface area contributed by atoms with E-state index in [2.05, 4.69) is 10.6 Å². The molecule has 8 heteroatoms. The Kier molecular flexibility index (Phi) is 5.77. The molecule has 0 spiro atoms. The van der Waals surface area contributed by atoms with Crippen LogP contribution in [0.3, 0.4) is 0 Å². The lowest BCUT2D eigenvalue weighted by Crippen LogP contribution is -2.54. The Morgan fingerprint density at radius 1 is 0.964 bits per heavy atom. The molecule has 28 heavy (non-hydrogen) atoms. The zero-order valence-corrected chi connectivity index (χ0v) is 17.1. The van der Waals surface area contributed by atoms with Gasteiger partial charge in [0.05, 0.1) is 9.75 Å². The van der Waals surface area contributed by atoms with Crippen molar-refractivity contribution >= 4 is 40.4 Å². The Hall–Kier alpha value is -2.19. The zero-order chi connectivity index (χ0) is 19.5. The molecule has 148 valence electrons. The molecular weight excluding hydrogens is 394 g/mol. The Labute approximate surface area is 171 Å². The molecule has 2 fully saturated rings. The van der Waals surface area contributed by atoms with Crippen molar-refractivity contribution in [3.8, 4) is 0 Å². The van der Waals surface area contributed by atoms with Gasteiger partial charge in [0.2, 0.25) is 5.91 Å². The van der Waals surface area contributed by atoms with Gasteiger partial charge in [0, 0.05) is 19.1 Å². The van der Waals surface area contributed by atoms with E-state index >= 15 is 0 Å². The number of hydrogen-bond donors (Lipinski definition) is 2. The second kappa shape index (κ2) is 8.45. The highest BCUT2D eigenvalue weighted by atomic mass is 32.1. The Balaban J connectivity index is 1.40. The summed E-state index contributed by atoms with van der Waals surface area (Å²) in [6.45, 7) is 1.20. The first-order valence-corrected chi connectivity index (χ1v) is 11.4. The SMILES string of the molecule is O=C(NC(C(=O)NC1CC1)C1CCN(C(=O)c2cccs2)CC1)c1cccs1. The average Bonchev–Trinajstić information content (AvgIpc) is 3.18. The van der Waals surface area contributed by atoms with Crippen LogP contribution in [0.4, 0.5) is 0 Å². The lowest BCUT2D eigenvalue weighted by molar-refractivity contribution is -0.124. The lowest BCUT2D eigenvalue weighted by Gasteiger charge is -2.35. The van der Waals surface area contributed by atoms with Crippen molar-refractivity contribution in [2.24, 2.45) is 5.92 Å². The number of nitrogens with zero attached hydrogens (tertiary/aromatic N) is 1. The summed E-state index contributed by atoms with van der Waals surface area (Å²) in [4.78, 5) is 41.1. The summed E-state index contributed by atoms with van der Waals surface area (Å²) in [6.07, 6.45) is 3.41. The fourth-order valence-corrected chi connectivity index (χ4v) is 4.85. The molecule has 2 N–H and O–H groups in total. The maximum absolute atomic E-state index is 12.8. The third kappa shape index (κ3) is 4.44. The Morgan fingerprint density at radius 3 is 2.18 bits per heavy atom. The second-order valence-corrected chi connectivity index (χ2v) is 9.21. The molecule has 2 aliphatic rings. The van der Waals surface area contributed by atoms with Crippen LogP contribution in [-0.4, -0.2) is 47.8 Å². The monoisotopic (exact) mass is 417 g/mol. The summed E-state index contributed by atoms with van der Waals surface area (Å²) in [7, 11) is 0. The van der Waals surface area contributed by atoms with Crippen molar-refractivity contribution in [2.75, 3.05) is 13.1 Å². The summed E-state index contributed by atoms with van der Waals surface area (Å²) >= 11 is 2.81. The number of carbonyl (C=O) groups is 3. The highest BCUT2D eigenvalue weighted by Crippen LogP contribution is 2.25. The number of thiophene rings is 2. The molecule has 2 aromatic heterocycles. The number of nitrogens with one attached hydrogen (secondary N) is 2. The van der Waals surface area contributed by atoms with Crippen LogP contribution < -0.4 is 10.6 Å². The van der Waals surface area contributed by atoms with E-state index in [1.165, 1.54) is 22.7 Å². The van der Waals surface area contributed by atoms with Gasteiger partial charge in [-0.15, -0.1) is 22.7 Å². The van der Waals surface area contributed by atoms with Gasteiger partial charge in [-0.3, -0.25) is 14.4 Å². The normalized spacial score (nSPS) is 18.5. The zero-order valence-electron chi connectivity index (χ0n) is 15.4. The third-order valence-corrected chi connectivity index (χ3v) is 6.99. The van der Waals surface area contributed by atoms with Gasteiger partial charge in [-0.25, -0.2) is 0 Å². The molecule has 1 aliphatic heterocycles. The molecule has 1 atom stereocenters. The van der Waals surface area contributed by atoms with Crippen LogP contribution >= 0.6 is 22.7 Å². The predicted octanol–water partition coefficient (Wildman–Crippen LogP) is 2.74. The molecule has 3 amide bonds. The summed E-state index contributed by atoms with van der Waals surface area (Å²) < 4.78 is 0. The summed E-state index contributed by atoms with van der Waals surface area (Å²) in [6, 6.07) is 6.99. The molecule has 0 radical (unpaired) electrons. The molecular formula is C20H23N3O3S2. The topological polar surface area (TPSA) is 78.5 Å². The van der Waals surface area contributed by atoms with Gasteiger partial charge in [0.25, 0.3) is 11.8 Å². The van der Waals surface area contributed by atoms with Gasteiger partial charge in [0.1, 0.15) is 6.04 Å². The van der Waals surface area contributed by atoms with Crippen LogP contribution in [-0.2, 0) is 4.79 Å². The summed E-state index contributed by atoms with van der Waals surface area (Å²) in [5.74, 6) is -0.233. The first-order chi connectivity index (χ1) is 13.6. The average molecular weight is 418 g/mol. The fourth-order valence-electron chi connectivity index (χ4n) is 3.53. The van der Waals surface area contributed by atoms with Gasteiger partial charge < -0.3 is 15.5 Å². The standard InChI is InChI=1S/C20H23N3O3S2/c24-18(15-3-1-11-27-15)22-17(19(25)21-14-5-6-14)13-7-9-23(10-8-13)20(26)16-4-2-12-28-16/h1-4,11-14,17H,5-10H2,(H,21,25)(H,22,24). The lowest BCUT2D eigenvalue weighted by atomic mass is 9.88. The highest BCUT2D eigenvalue weighted by molar-refractivity contribution is 7.12. The quantitative estimate of drug-likeness (QED) is 0.759. The molecule has 1 unspecified atom stereocenters. The molecule has 1 aliphatic carbocycles. The van der Waals surface area contributed by atoms with E-state index in [-0.39, 0.29) is 29.7 Å². The second-order valence-electron chi connectivity index (χ2n) is 7.32. The van der Waals surface area contributed by atoms with Crippen molar-refractivity contribution in [3.05, 3.63) is 44.8 Å². The smallest absolute Gasteiger partial charge is 0.263 e. The van der Waals surface area contributed by atoms with E-state index in [0.29, 0.717) is 30.8 Å². The van der Waals surface area contributed by atoms with Crippen LogP contribution in [0.5, 0.6) is 0 Å². The van der Waals surface area contributed by atoms with Crippen LogP contribution in [0.25, 0.3) is 0 Å². The molecule has 1 saturated carbocycles. The molecule has 0 aromatic carbocycles. The predicted molar refractivity (Wildman–Crippen MR) is 110 cm³/mol. The van der Waals surface area contributed by atoms with E-state index in [9.17, 15) is 14.4 Å².